The van der Waals surface area contributed by atoms with Crippen LogP contribution in [0.15, 0.2) is 42.5 Å². The van der Waals surface area contributed by atoms with Gasteiger partial charge in [-0.15, -0.1) is 0 Å². The van der Waals surface area contributed by atoms with Crippen molar-refractivity contribution in [3.05, 3.63) is 59.2 Å². The standard InChI is InChI=1S/C26H33NO3/c1-27(17-7-11-21-9-5-4-6-10-21)18-8-14-26(28)15-12-22-19-24(29-2)25(30-3)20-23(22)13-16-26/h4-6,9-10,19-20,28H,7,11-13,15-18H2,1-3H3. The van der Waals surface area contributed by atoms with E-state index in [0.29, 0.717) is 19.4 Å². The Balaban J connectivity index is 1.52. The Kier molecular flexibility index (Phi) is 7.79. The van der Waals surface area contributed by atoms with Gasteiger partial charge in [0.15, 0.2) is 11.5 Å². The summed E-state index contributed by atoms with van der Waals surface area (Å²) in [5, 5.41) is 11.1. The van der Waals surface area contributed by atoms with Crippen molar-refractivity contribution >= 4 is 0 Å². The van der Waals surface area contributed by atoms with Crippen molar-refractivity contribution in [2.24, 2.45) is 0 Å². The smallest absolute Gasteiger partial charge is 0.161 e. The molecule has 0 radical (unpaired) electrons. The summed E-state index contributed by atoms with van der Waals surface area (Å²) in [6, 6.07) is 14.6. The van der Waals surface area contributed by atoms with Gasteiger partial charge in [0.2, 0.25) is 0 Å². The zero-order valence-electron chi connectivity index (χ0n) is 18.4. The van der Waals surface area contributed by atoms with E-state index in [9.17, 15) is 5.11 Å². The largest absolute Gasteiger partial charge is 0.493 e. The molecule has 0 fully saturated rings. The topological polar surface area (TPSA) is 41.9 Å². The highest BCUT2D eigenvalue weighted by Crippen LogP contribution is 2.35. The molecule has 0 saturated carbocycles. The maximum atomic E-state index is 11.1. The third kappa shape index (κ3) is 6.01. The first-order valence-electron chi connectivity index (χ1n) is 10.7. The van der Waals surface area contributed by atoms with Gasteiger partial charge in [0.1, 0.15) is 5.60 Å². The minimum atomic E-state index is -0.940. The lowest BCUT2D eigenvalue weighted by Crippen LogP contribution is -2.27. The highest BCUT2D eigenvalue weighted by Gasteiger charge is 2.28. The van der Waals surface area contributed by atoms with E-state index >= 15 is 0 Å². The van der Waals surface area contributed by atoms with Gasteiger partial charge in [0.05, 0.1) is 20.8 Å². The normalized spacial score (nSPS) is 15.0. The lowest BCUT2D eigenvalue weighted by Gasteiger charge is -2.20. The quantitative estimate of drug-likeness (QED) is 0.559. The first kappa shape index (κ1) is 22.2. The van der Waals surface area contributed by atoms with Crippen molar-refractivity contribution in [2.45, 2.75) is 44.1 Å². The number of rotatable bonds is 7. The van der Waals surface area contributed by atoms with Crippen LogP contribution < -0.4 is 9.47 Å². The van der Waals surface area contributed by atoms with Crippen LogP contribution in [0.25, 0.3) is 0 Å². The van der Waals surface area contributed by atoms with Crippen molar-refractivity contribution in [3.63, 3.8) is 0 Å². The summed E-state index contributed by atoms with van der Waals surface area (Å²) in [6.45, 7) is 1.67. The second-order valence-corrected chi connectivity index (χ2v) is 8.14. The Morgan fingerprint density at radius 1 is 1.00 bits per heavy atom. The molecule has 2 aromatic rings. The summed E-state index contributed by atoms with van der Waals surface area (Å²) in [4.78, 5) is 2.22. The van der Waals surface area contributed by atoms with Gasteiger partial charge in [-0.1, -0.05) is 42.2 Å². The van der Waals surface area contributed by atoms with E-state index in [1.165, 1.54) is 16.7 Å². The fraction of sp³-hybridized carbons (Fsp3) is 0.462. The molecule has 0 saturated heterocycles. The van der Waals surface area contributed by atoms with E-state index in [2.05, 4.69) is 54.1 Å². The summed E-state index contributed by atoms with van der Waals surface area (Å²) in [6.07, 6.45) is 5.03. The maximum absolute atomic E-state index is 11.1. The molecular formula is C26H33NO3. The molecule has 160 valence electrons. The molecule has 3 rings (SSSR count). The molecule has 0 atom stereocenters. The van der Waals surface area contributed by atoms with Crippen LogP contribution in [0.3, 0.4) is 0 Å². The lowest BCUT2D eigenvalue weighted by atomic mass is 9.94. The predicted molar refractivity (Wildman–Crippen MR) is 121 cm³/mol. The maximum Gasteiger partial charge on any atom is 0.161 e. The number of hydrogen-bond donors (Lipinski definition) is 1. The van der Waals surface area contributed by atoms with Crippen LogP contribution in [0, 0.1) is 11.8 Å². The molecule has 0 bridgehead atoms. The van der Waals surface area contributed by atoms with Crippen LogP contribution in [-0.4, -0.2) is 50.0 Å². The van der Waals surface area contributed by atoms with Crippen molar-refractivity contribution < 1.29 is 14.6 Å². The Morgan fingerprint density at radius 3 is 2.17 bits per heavy atom. The highest BCUT2D eigenvalue weighted by atomic mass is 16.5. The zero-order valence-corrected chi connectivity index (χ0v) is 18.4. The second kappa shape index (κ2) is 10.5. The summed E-state index contributed by atoms with van der Waals surface area (Å²) < 4.78 is 10.9. The van der Waals surface area contributed by atoms with E-state index < -0.39 is 5.60 Å². The van der Waals surface area contributed by atoms with Gasteiger partial charge in [0, 0.05) is 0 Å². The number of nitrogens with zero attached hydrogens (tertiary/aromatic N) is 1. The van der Waals surface area contributed by atoms with Gasteiger partial charge in [-0.2, -0.15) is 0 Å². The predicted octanol–water partition coefficient (Wildman–Crippen LogP) is 3.88. The summed E-state index contributed by atoms with van der Waals surface area (Å²) >= 11 is 0. The lowest BCUT2D eigenvalue weighted by molar-refractivity contribution is 0.0856. The minimum Gasteiger partial charge on any atom is -0.493 e. The van der Waals surface area contributed by atoms with E-state index in [-0.39, 0.29) is 0 Å². The first-order chi connectivity index (χ1) is 14.5. The Hall–Kier alpha value is -2.48. The van der Waals surface area contributed by atoms with Gasteiger partial charge in [0.25, 0.3) is 0 Å². The molecule has 2 aromatic carbocycles. The third-order valence-corrected chi connectivity index (χ3v) is 5.84. The molecule has 0 aromatic heterocycles. The average Bonchev–Trinajstić information content (AvgIpc) is 2.92. The third-order valence-electron chi connectivity index (χ3n) is 5.84. The second-order valence-electron chi connectivity index (χ2n) is 8.14. The molecular weight excluding hydrogens is 374 g/mol. The molecule has 0 amide bonds. The molecule has 0 unspecified atom stereocenters. The molecule has 4 nitrogen and oxygen atoms in total. The number of aliphatic hydroxyl groups is 1. The Morgan fingerprint density at radius 2 is 1.60 bits per heavy atom. The fourth-order valence-corrected chi connectivity index (χ4v) is 3.98. The molecule has 0 heterocycles. The Labute approximate surface area is 180 Å². The van der Waals surface area contributed by atoms with Crippen LogP contribution in [-0.2, 0) is 19.3 Å². The number of fused-ring (bicyclic) bond motifs is 1. The van der Waals surface area contributed by atoms with E-state index in [0.717, 1.165) is 43.7 Å². The van der Waals surface area contributed by atoms with E-state index in [1.54, 1.807) is 14.2 Å². The SMILES string of the molecule is COc1cc2c(cc1OC)CCC(O)(C#CCN(C)CCCc1ccccc1)CC2. The summed E-state index contributed by atoms with van der Waals surface area (Å²) in [5.74, 6) is 7.87. The van der Waals surface area contributed by atoms with E-state index in [1.807, 2.05) is 12.1 Å². The average molecular weight is 408 g/mol. The number of benzene rings is 2. The van der Waals surface area contributed by atoms with Crippen LogP contribution in [0.2, 0.25) is 0 Å². The summed E-state index contributed by atoms with van der Waals surface area (Å²) in [5.41, 5.74) is 2.86. The van der Waals surface area contributed by atoms with Crippen LogP contribution in [0.5, 0.6) is 11.5 Å². The first-order valence-corrected chi connectivity index (χ1v) is 10.7. The fourth-order valence-electron chi connectivity index (χ4n) is 3.98. The van der Waals surface area contributed by atoms with Gasteiger partial charge in [-0.05, 0) is 80.9 Å². The molecule has 1 N–H and O–H groups in total. The van der Waals surface area contributed by atoms with Gasteiger partial charge >= 0.3 is 0 Å². The van der Waals surface area contributed by atoms with Crippen LogP contribution >= 0.6 is 0 Å². The number of aryl methyl sites for hydroxylation is 3. The van der Waals surface area contributed by atoms with Crippen molar-refractivity contribution in [1.82, 2.24) is 4.90 Å². The van der Waals surface area contributed by atoms with Crippen molar-refractivity contribution in [1.29, 1.82) is 0 Å². The summed E-state index contributed by atoms with van der Waals surface area (Å²) in [7, 11) is 5.39. The van der Waals surface area contributed by atoms with E-state index in [4.69, 9.17) is 9.47 Å². The number of hydrogen-bond acceptors (Lipinski definition) is 4. The van der Waals surface area contributed by atoms with Crippen LogP contribution in [0.4, 0.5) is 0 Å². The molecule has 0 spiro atoms. The van der Waals surface area contributed by atoms with Crippen LogP contribution in [0.1, 0.15) is 36.0 Å². The highest BCUT2D eigenvalue weighted by molar-refractivity contribution is 5.48. The van der Waals surface area contributed by atoms with Gasteiger partial charge in [-0.3, -0.25) is 4.90 Å². The number of methoxy groups -OCH3 is 2. The van der Waals surface area contributed by atoms with Gasteiger partial charge < -0.3 is 14.6 Å². The molecule has 1 aliphatic carbocycles. The minimum absolute atomic E-state index is 0.639. The molecule has 1 aliphatic rings. The Bertz CT molecular complexity index is 847. The molecule has 30 heavy (non-hydrogen) atoms. The van der Waals surface area contributed by atoms with Crippen molar-refractivity contribution in [2.75, 3.05) is 34.4 Å². The molecule has 0 aliphatic heterocycles. The monoisotopic (exact) mass is 407 g/mol. The molecule has 4 heteroatoms. The van der Waals surface area contributed by atoms with Crippen molar-refractivity contribution in [3.8, 4) is 23.3 Å². The van der Waals surface area contributed by atoms with Gasteiger partial charge in [-0.25, -0.2) is 0 Å². The zero-order chi connectivity index (χ0) is 21.4. The number of ether oxygens (including phenoxy) is 2.